The van der Waals surface area contributed by atoms with Crippen molar-refractivity contribution in [2.45, 2.75) is 43.5 Å². The fourth-order valence-corrected chi connectivity index (χ4v) is 4.80. The Hall–Kier alpha value is -2.05. The van der Waals surface area contributed by atoms with Crippen molar-refractivity contribution >= 4 is 10.0 Å². The number of ether oxygens (including phenoxy) is 2. The SMILES string of the molecule is COc1ccc([C@@H](C)NS(=O)(=O)c2cc3c(cc2OC)CCCC3)cc1. The molecule has 0 spiro atoms. The van der Waals surface area contributed by atoms with Crippen LogP contribution in [0.2, 0.25) is 0 Å². The highest BCUT2D eigenvalue weighted by atomic mass is 32.2. The molecule has 0 aromatic heterocycles. The standard InChI is InChI=1S/C20H25NO4S/c1-14(15-8-10-18(24-2)11-9-15)21-26(22,23)20-13-17-7-5-4-6-16(17)12-19(20)25-3/h8-14,21H,4-7H2,1-3H3/t14-/m1/s1. The summed E-state index contributed by atoms with van der Waals surface area (Å²) in [5.74, 6) is 1.14. The molecule has 0 fully saturated rings. The van der Waals surface area contributed by atoms with Gasteiger partial charge in [0, 0.05) is 6.04 Å². The number of fused-ring (bicyclic) bond motifs is 1. The molecule has 0 saturated heterocycles. The average Bonchev–Trinajstić information content (AvgIpc) is 2.66. The lowest BCUT2D eigenvalue weighted by atomic mass is 9.92. The van der Waals surface area contributed by atoms with E-state index in [1.807, 2.05) is 37.3 Å². The largest absolute Gasteiger partial charge is 0.497 e. The monoisotopic (exact) mass is 375 g/mol. The number of nitrogens with one attached hydrogen (secondary N) is 1. The van der Waals surface area contributed by atoms with Gasteiger partial charge in [0.05, 0.1) is 14.2 Å². The van der Waals surface area contributed by atoms with Crippen LogP contribution in [-0.2, 0) is 22.9 Å². The molecule has 3 rings (SSSR count). The summed E-state index contributed by atoms with van der Waals surface area (Å²) in [5.41, 5.74) is 3.16. The van der Waals surface area contributed by atoms with Crippen molar-refractivity contribution in [3.8, 4) is 11.5 Å². The molecule has 140 valence electrons. The van der Waals surface area contributed by atoms with Crippen molar-refractivity contribution in [3.05, 3.63) is 53.1 Å². The number of benzene rings is 2. The first-order valence-electron chi connectivity index (χ1n) is 8.80. The smallest absolute Gasteiger partial charge is 0.244 e. The van der Waals surface area contributed by atoms with Crippen LogP contribution in [0.15, 0.2) is 41.3 Å². The van der Waals surface area contributed by atoms with Gasteiger partial charge in [0.15, 0.2) is 0 Å². The van der Waals surface area contributed by atoms with Crippen molar-refractivity contribution in [2.24, 2.45) is 0 Å². The van der Waals surface area contributed by atoms with E-state index in [0.29, 0.717) is 5.75 Å². The molecule has 0 unspecified atom stereocenters. The number of sulfonamides is 1. The van der Waals surface area contributed by atoms with Gasteiger partial charge in [-0.25, -0.2) is 13.1 Å². The number of hydrogen-bond donors (Lipinski definition) is 1. The van der Waals surface area contributed by atoms with Gasteiger partial charge in [0.2, 0.25) is 10.0 Å². The summed E-state index contributed by atoms with van der Waals surface area (Å²) in [6, 6.07) is 10.6. The molecule has 1 aliphatic rings. The maximum Gasteiger partial charge on any atom is 0.244 e. The molecule has 6 heteroatoms. The Bertz CT molecular complexity index is 875. The Labute approximate surface area is 155 Å². The molecule has 0 bridgehead atoms. The molecule has 5 nitrogen and oxygen atoms in total. The van der Waals surface area contributed by atoms with Crippen molar-refractivity contribution in [2.75, 3.05) is 14.2 Å². The van der Waals surface area contributed by atoms with E-state index in [2.05, 4.69) is 4.72 Å². The van der Waals surface area contributed by atoms with Crippen LogP contribution in [0.4, 0.5) is 0 Å². The van der Waals surface area contributed by atoms with E-state index in [1.165, 1.54) is 12.7 Å². The van der Waals surface area contributed by atoms with Crippen LogP contribution in [0, 0.1) is 0 Å². The summed E-state index contributed by atoms with van der Waals surface area (Å²) in [6.07, 6.45) is 4.11. The first-order valence-corrected chi connectivity index (χ1v) is 10.3. The third-order valence-electron chi connectivity index (χ3n) is 4.87. The van der Waals surface area contributed by atoms with E-state index in [4.69, 9.17) is 9.47 Å². The molecule has 1 N–H and O–H groups in total. The summed E-state index contributed by atoms with van der Waals surface area (Å²) < 4.78 is 39.3. The van der Waals surface area contributed by atoms with Gasteiger partial charge in [0.1, 0.15) is 16.4 Å². The number of methoxy groups -OCH3 is 2. The summed E-state index contributed by atoms with van der Waals surface area (Å²) in [4.78, 5) is 0.209. The summed E-state index contributed by atoms with van der Waals surface area (Å²) in [5, 5.41) is 0. The second kappa shape index (κ2) is 7.68. The Morgan fingerprint density at radius 3 is 2.15 bits per heavy atom. The van der Waals surface area contributed by atoms with Gasteiger partial charge in [-0.05, 0) is 73.6 Å². The zero-order valence-electron chi connectivity index (χ0n) is 15.4. The summed E-state index contributed by atoms with van der Waals surface area (Å²) >= 11 is 0. The Kier molecular flexibility index (Phi) is 5.53. The van der Waals surface area contributed by atoms with E-state index in [-0.39, 0.29) is 10.9 Å². The molecule has 0 radical (unpaired) electrons. The highest BCUT2D eigenvalue weighted by Crippen LogP contribution is 2.32. The predicted octanol–water partition coefficient (Wildman–Crippen LogP) is 3.62. The van der Waals surface area contributed by atoms with Gasteiger partial charge < -0.3 is 9.47 Å². The number of hydrogen-bond acceptors (Lipinski definition) is 4. The third-order valence-corrected chi connectivity index (χ3v) is 6.43. The molecule has 0 amide bonds. The van der Waals surface area contributed by atoms with Crippen LogP contribution in [0.3, 0.4) is 0 Å². The van der Waals surface area contributed by atoms with E-state index in [0.717, 1.165) is 42.6 Å². The average molecular weight is 375 g/mol. The minimum Gasteiger partial charge on any atom is -0.497 e. The first kappa shape index (κ1) is 18.7. The summed E-state index contributed by atoms with van der Waals surface area (Å²) in [7, 11) is -0.595. The van der Waals surface area contributed by atoms with E-state index in [9.17, 15) is 8.42 Å². The molecule has 1 aliphatic carbocycles. The fourth-order valence-electron chi connectivity index (χ4n) is 3.37. The molecule has 0 saturated carbocycles. The molecule has 2 aromatic carbocycles. The number of aryl methyl sites for hydroxylation is 2. The first-order chi connectivity index (χ1) is 12.4. The van der Waals surface area contributed by atoms with Crippen LogP contribution in [-0.4, -0.2) is 22.6 Å². The lowest BCUT2D eigenvalue weighted by molar-refractivity contribution is 0.400. The van der Waals surface area contributed by atoms with Gasteiger partial charge in [-0.2, -0.15) is 0 Å². The highest BCUT2D eigenvalue weighted by Gasteiger charge is 2.25. The molecule has 0 heterocycles. The maximum atomic E-state index is 13.0. The Morgan fingerprint density at radius 2 is 1.58 bits per heavy atom. The maximum absolute atomic E-state index is 13.0. The van der Waals surface area contributed by atoms with Gasteiger partial charge in [0.25, 0.3) is 0 Å². The van der Waals surface area contributed by atoms with Crippen LogP contribution in [0.5, 0.6) is 11.5 Å². The van der Waals surface area contributed by atoms with E-state index >= 15 is 0 Å². The van der Waals surface area contributed by atoms with Gasteiger partial charge in [-0.3, -0.25) is 0 Å². The molecule has 1 atom stereocenters. The minimum atomic E-state index is -3.71. The van der Waals surface area contributed by atoms with E-state index < -0.39 is 10.0 Å². The van der Waals surface area contributed by atoms with Crippen molar-refractivity contribution < 1.29 is 17.9 Å². The lowest BCUT2D eigenvalue weighted by Gasteiger charge is -2.21. The highest BCUT2D eigenvalue weighted by molar-refractivity contribution is 7.89. The zero-order valence-corrected chi connectivity index (χ0v) is 16.2. The molecule has 26 heavy (non-hydrogen) atoms. The fraction of sp³-hybridized carbons (Fsp3) is 0.400. The summed E-state index contributed by atoms with van der Waals surface area (Å²) in [6.45, 7) is 1.82. The Balaban J connectivity index is 1.89. The van der Waals surface area contributed by atoms with Gasteiger partial charge >= 0.3 is 0 Å². The lowest BCUT2D eigenvalue weighted by Crippen LogP contribution is -2.27. The van der Waals surface area contributed by atoms with Gasteiger partial charge in [-0.1, -0.05) is 12.1 Å². The normalized spacial score (nSPS) is 15.2. The topological polar surface area (TPSA) is 64.6 Å². The quantitative estimate of drug-likeness (QED) is 0.837. The second-order valence-corrected chi connectivity index (χ2v) is 8.28. The second-order valence-electron chi connectivity index (χ2n) is 6.60. The molecular formula is C20H25NO4S. The zero-order chi connectivity index (χ0) is 18.7. The predicted molar refractivity (Wildman–Crippen MR) is 101 cm³/mol. The molecule has 2 aromatic rings. The number of rotatable bonds is 6. The molecular weight excluding hydrogens is 350 g/mol. The Morgan fingerprint density at radius 1 is 0.962 bits per heavy atom. The minimum absolute atomic E-state index is 0.209. The van der Waals surface area contributed by atoms with Gasteiger partial charge in [-0.15, -0.1) is 0 Å². The molecule has 0 aliphatic heterocycles. The van der Waals surface area contributed by atoms with Crippen molar-refractivity contribution in [1.82, 2.24) is 4.72 Å². The van der Waals surface area contributed by atoms with Crippen LogP contribution in [0.25, 0.3) is 0 Å². The van der Waals surface area contributed by atoms with E-state index in [1.54, 1.807) is 13.2 Å². The van der Waals surface area contributed by atoms with Crippen molar-refractivity contribution in [3.63, 3.8) is 0 Å². The van der Waals surface area contributed by atoms with Crippen LogP contribution >= 0.6 is 0 Å². The van der Waals surface area contributed by atoms with Crippen LogP contribution < -0.4 is 14.2 Å². The van der Waals surface area contributed by atoms with Crippen LogP contribution in [0.1, 0.15) is 42.5 Å². The third kappa shape index (κ3) is 3.86. The van der Waals surface area contributed by atoms with Crippen molar-refractivity contribution in [1.29, 1.82) is 0 Å².